The Morgan fingerprint density at radius 1 is 1.03 bits per heavy atom. The average molecular weight is 465 g/mol. The Kier molecular flexibility index (Phi) is 7.13. The number of nitrogens with one attached hydrogen (secondary N) is 3. The molecule has 0 amide bonds. The summed E-state index contributed by atoms with van der Waals surface area (Å²) < 4.78 is 5.44. The topological polar surface area (TPSA) is 74.3 Å². The van der Waals surface area contributed by atoms with Crippen molar-refractivity contribution in [1.29, 1.82) is 0 Å². The molecule has 0 atom stereocenters. The average Bonchev–Trinajstić information content (AvgIpc) is 2.80. The summed E-state index contributed by atoms with van der Waals surface area (Å²) in [6, 6.07) is 14.8. The standard InChI is InChI=1S/C25H32N6OS/c1-16-9-14-22(32-4)21(15-16)29-25(33)27-18-12-10-17(11-13-18)26-24-28-20-8-6-5-7-19(20)23(30-24)31(2)3/h5-9,14-15,17-18H,10-13H2,1-4H3,(H,26,28,30)(H2,27,29,33). The molecule has 1 aliphatic carbocycles. The second-order valence-corrected chi connectivity index (χ2v) is 9.19. The highest BCUT2D eigenvalue weighted by Gasteiger charge is 2.23. The van der Waals surface area contributed by atoms with Gasteiger partial charge in [-0.1, -0.05) is 18.2 Å². The number of thiocarbonyl (C=S) groups is 1. The highest BCUT2D eigenvalue weighted by Crippen LogP contribution is 2.27. The van der Waals surface area contributed by atoms with Crippen LogP contribution in [-0.2, 0) is 0 Å². The van der Waals surface area contributed by atoms with Crippen LogP contribution >= 0.6 is 12.2 Å². The van der Waals surface area contributed by atoms with Crippen molar-refractivity contribution in [2.75, 3.05) is 36.7 Å². The fourth-order valence-electron chi connectivity index (χ4n) is 4.29. The molecule has 1 aromatic heterocycles. The van der Waals surface area contributed by atoms with E-state index in [1.165, 1.54) is 0 Å². The van der Waals surface area contributed by atoms with Gasteiger partial charge in [0.05, 0.1) is 18.3 Å². The highest BCUT2D eigenvalue weighted by atomic mass is 32.1. The van der Waals surface area contributed by atoms with Crippen molar-refractivity contribution in [3.63, 3.8) is 0 Å². The number of ether oxygens (including phenoxy) is 1. The molecule has 0 unspecified atom stereocenters. The van der Waals surface area contributed by atoms with Crippen molar-refractivity contribution < 1.29 is 4.74 Å². The van der Waals surface area contributed by atoms with E-state index in [1.54, 1.807) is 7.11 Å². The Balaban J connectivity index is 1.33. The van der Waals surface area contributed by atoms with E-state index in [0.29, 0.717) is 23.1 Å². The molecule has 0 bridgehead atoms. The molecule has 1 saturated carbocycles. The molecule has 2 aromatic carbocycles. The Labute approximate surface area is 200 Å². The molecule has 1 fully saturated rings. The van der Waals surface area contributed by atoms with Gasteiger partial charge in [0.15, 0.2) is 5.11 Å². The predicted molar refractivity (Wildman–Crippen MR) is 141 cm³/mol. The van der Waals surface area contributed by atoms with E-state index in [1.807, 2.05) is 55.4 Å². The number of hydrogen-bond acceptors (Lipinski definition) is 6. The van der Waals surface area contributed by atoms with Crippen LogP contribution in [0.3, 0.4) is 0 Å². The van der Waals surface area contributed by atoms with Crippen LogP contribution < -0.4 is 25.6 Å². The fraction of sp³-hybridized carbons (Fsp3) is 0.400. The van der Waals surface area contributed by atoms with Crippen LogP contribution in [-0.4, -0.2) is 48.4 Å². The van der Waals surface area contributed by atoms with Crippen molar-refractivity contribution in [2.24, 2.45) is 0 Å². The van der Waals surface area contributed by atoms with Crippen LogP contribution in [0.1, 0.15) is 31.2 Å². The summed E-state index contributed by atoms with van der Waals surface area (Å²) in [5.41, 5.74) is 2.99. The monoisotopic (exact) mass is 464 g/mol. The van der Waals surface area contributed by atoms with Gasteiger partial charge in [0.2, 0.25) is 5.95 Å². The quantitative estimate of drug-likeness (QED) is 0.453. The fourth-order valence-corrected chi connectivity index (χ4v) is 4.57. The van der Waals surface area contributed by atoms with Gasteiger partial charge >= 0.3 is 0 Å². The molecule has 0 saturated heterocycles. The minimum atomic E-state index is 0.341. The van der Waals surface area contributed by atoms with Crippen molar-refractivity contribution in [3.05, 3.63) is 48.0 Å². The van der Waals surface area contributed by atoms with E-state index in [9.17, 15) is 0 Å². The summed E-state index contributed by atoms with van der Waals surface area (Å²) in [7, 11) is 5.69. The Bertz CT molecular complexity index is 1130. The van der Waals surface area contributed by atoms with Crippen LogP contribution in [0.4, 0.5) is 17.5 Å². The maximum atomic E-state index is 5.57. The second-order valence-electron chi connectivity index (χ2n) is 8.78. The van der Waals surface area contributed by atoms with Crippen molar-refractivity contribution in [1.82, 2.24) is 15.3 Å². The van der Waals surface area contributed by atoms with E-state index in [-0.39, 0.29) is 0 Å². The lowest BCUT2D eigenvalue weighted by Crippen LogP contribution is -2.42. The lowest BCUT2D eigenvalue weighted by Gasteiger charge is -2.30. The number of aromatic nitrogens is 2. The zero-order chi connectivity index (χ0) is 23.4. The first-order valence-corrected chi connectivity index (χ1v) is 11.8. The van der Waals surface area contributed by atoms with E-state index in [0.717, 1.165) is 59.4 Å². The Morgan fingerprint density at radius 2 is 1.76 bits per heavy atom. The Hall–Kier alpha value is -3.13. The maximum Gasteiger partial charge on any atom is 0.225 e. The normalized spacial score (nSPS) is 17.9. The number of aryl methyl sites for hydroxylation is 1. The zero-order valence-electron chi connectivity index (χ0n) is 19.7. The van der Waals surface area contributed by atoms with Crippen LogP contribution in [0.25, 0.3) is 10.9 Å². The Morgan fingerprint density at radius 3 is 2.48 bits per heavy atom. The van der Waals surface area contributed by atoms with E-state index < -0.39 is 0 Å². The second kappa shape index (κ2) is 10.2. The van der Waals surface area contributed by atoms with Gasteiger partial charge in [0, 0.05) is 31.6 Å². The highest BCUT2D eigenvalue weighted by molar-refractivity contribution is 7.80. The molecule has 0 aliphatic heterocycles. The first-order valence-electron chi connectivity index (χ1n) is 11.4. The number of methoxy groups -OCH3 is 1. The summed E-state index contributed by atoms with van der Waals surface area (Å²) in [4.78, 5) is 11.6. The molecular weight excluding hydrogens is 432 g/mol. The molecular formula is C25H32N6OS. The van der Waals surface area contributed by atoms with Crippen molar-refractivity contribution in [3.8, 4) is 5.75 Å². The van der Waals surface area contributed by atoms with Crippen LogP contribution in [0.2, 0.25) is 0 Å². The summed E-state index contributed by atoms with van der Waals surface area (Å²) in [5, 5.41) is 12.0. The number of fused-ring (bicyclic) bond motifs is 1. The van der Waals surface area contributed by atoms with Crippen molar-refractivity contribution in [2.45, 2.75) is 44.7 Å². The predicted octanol–water partition coefficient (Wildman–Crippen LogP) is 4.72. The largest absolute Gasteiger partial charge is 0.495 e. The third-order valence-electron chi connectivity index (χ3n) is 6.01. The van der Waals surface area contributed by atoms with Gasteiger partial charge in [-0.2, -0.15) is 4.98 Å². The zero-order valence-corrected chi connectivity index (χ0v) is 20.5. The van der Waals surface area contributed by atoms with Crippen LogP contribution in [0.5, 0.6) is 5.75 Å². The van der Waals surface area contributed by atoms with Gasteiger partial charge in [0.1, 0.15) is 11.6 Å². The van der Waals surface area contributed by atoms with E-state index in [2.05, 4.69) is 28.9 Å². The molecule has 7 nitrogen and oxygen atoms in total. The maximum absolute atomic E-state index is 5.57. The molecule has 1 heterocycles. The van der Waals surface area contributed by atoms with Crippen molar-refractivity contribution >= 4 is 45.7 Å². The van der Waals surface area contributed by atoms with Gasteiger partial charge in [-0.15, -0.1) is 0 Å². The smallest absolute Gasteiger partial charge is 0.225 e. The molecule has 3 N–H and O–H groups in total. The lowest BCUT2D eigenvalue weighted by atomic mass is 9.91. The summed E-state index contributed by atoms with van der Waals surface area (Å²) in [5.74, 6) is 2.41. The SMILES string of the molecule is COc1ccc(C)cc1NC(=S)NC1CCC(Nc2nc(N(C)C)c3ccccc3n2)CC1. The summed E-state index contributed by atoms with van der Waals surface area (Å²) >= 11 is 5.57. The van der Waals surface area contributed by atoms with Gasteiger partial charge in [-0.05, 0) is 74.7 Å². The first kappa shape index (κ1) is 23.0. The van der Waals surface area contributed by atoms with E-state index >= 15 is 0 Å². The van der Waals surface area contributed by atoms with Gasteiger partial charge in [-0.25, -0.2) is 4.98 Å². The number of benzene rings is 2. The third-order valence-corrected chi connectivity index (χ3v) is 6.23. The molecule has 33 heavy (non-hydrogen) atoms. The number of nitrogens with zero attached hydrogens (tertiary/aromatic N) is 3. The van der Waals surface area contributed by atoms with Crippen LogP contribution in [0.15, 0.2) is 42.5 Å². The first-order chi connectivity index (χ1) is 15.9. The molecule has 4 rings (SSSR count). The summed E-state index contributed by atoms with van der Waals surface area (Å²) in [6.45, 7) is 2.05. The third kappa shape index (κ3) is 5.63. The number of anilines is 3. The van der Waals surface area contributed by atoms with Gasteiger partial charge in [-0.3, -0.25) is 0 Å². The minimum Gasteiger partial charge on any atom is -0.495 e. The summed E-state index contributed by atoms with van der Waals surface area (Å²) in [6.07, 6.45) is 4.11. The molecule has 0 radical (unpaired) electrons. The van der Waals surface area contributed by atoms with Gasteiger partial charge in [0.25, 0.3) is 0 Å². The van der Waals surface area contributed by atoms with E-state index in [4.69, 9.17) is 26.9 Å². The lowest BCUT2D eigenvalue weighted by molar-refractivity contribution is 0.387. The molecule has 8 heteroatoms. The minimum absolute atomic E-state index is 0.341. The number of hydrogen-bond donors (Lipinski definition) is 3. The van der Waals surface area contributed by atoms with Crippen LogP contribution in [0, 0.1) is 6.92 Å². The number of rotatable bonds is 6. The molecule has 0 spiro atoms. The van der Waals surface area contributed by atoms with Gasteiger partial charge < -0.3 is 25.6 Å². The molecule has 174 valence electrons. The molecule has 1 aliphatic rings. The molecule has 3 aromatic rings. The number of para-hydroxylation sites is 1.